The summed E-state index contributed by atoms with van der Waals surface area (Å²) in [6, 6.07) is 23.3. The van der Waals surface area contributed by atoms with Crippen LogP contribution in [-0.4, -0.2) is 56.3 Å². The van der Waals surface area contributed by atoms with Crippen LogP contribution in [0.2, 0.25) is 0 Å². The van der Waals surface area contributed by atoms with E-state index >= 15 is 0 Å². The van der Waals surface area contributed by atoms with Crippen molar-refractivity contribution < 1.29 is 13.2 Å². The number of nitrogens with zero attached hydrogens (tertiary/aromatic N) is 3. The molecule has 2 heterocycles. The summed E-state index contributed by atoms with van der Waals surface area (Å²) in [6.45, 7) is 5.16. The second kappa shape index (κ2) is 9.84. The topological polar surface area (TPSA) is 60.9 Å². The summed E-state index contributed by atoms with van der Waals surface area (Å²) in [5.74, 6) is -0.0488. The highest BCUT2D eigenvalue weighted by molar-refractivity contribution is 7.89. The molecule has 3 aromatic rings. The summed E-state index contributed by atoms with van der Waals surface area (Å²) in [5, 5.41) is 0. The SMILES string of the molecule is Cc1ccc(S(=O)(=O)N2CCN(C(=O)c3ccc(CN4CCCc5ccccc54)cc3)CC2)cc1. The molecule has 0 radical (unpaired) electrons. The number of hydrogen-bond donors (Lipinski definition) is 0. The molecule has 0 spiro atoms. The lowest BCUT2D eigenvalue weighted by molar-refractivity contribution is 0.0698. The van der Waals surface area contributed by atoms with Gasteiger partial charge in [-0.25, -0.2) is 8.42 Å². The van der Waals surface area contributed by atoms with Crippen molar-refractivity contribution in [2.75, 3.05) is 37.6 Å². The molecule has 1 saturated heterocycles. The van der Waals surface area contributed by atoms with Gasteiger partial charge in [-0.05, 0) is 61.2 Å². The Morgan fingerprint density at radius 2 is 1.51 bits per heavy atom. The van der Waals surface area contributed by atoms with Gasteiger partial charge in [0.05, 0.1) is 4.90 Å². The summed E-state index contributed by atoms with van der Waals surface area (Å²) in [6.07, 6.45) is 2.28. The summed E-state index contributed by atoms with van der Waals surface area (Å²) in [5.41, 5.74) is 5.53. The quantitative estimate of drug-likeness (QED) is 0.542. The predicted molar refractivity (Wildman–Crippen MR) is 138 cm³/mol. The van der Waals surface area contributed by atoms with E-state index in [1.54, 1.807) is 29.2 Å². The number of benzene rings is 3. The molecule has 0 N–H and O–H groups in total. The maximum absolute atomic E-state index is 13.1. The van der Waals surface area contributed by atoms with Crippen molar-refractivity contribution in [2.24, 2.45) is 0 Å². The van der Waals surface area contributed by atoms with E-state index in [1.807, 2.05) is 31.2 Å². The first kappa shape index (κ1) is 23.6. The predicted octanol–water partition coefficient (Wildman–Crippen LogP) is 4.09. The Hall–Kier alpha value is -3.16. The van der Waals surface area contributed by atoms with Crippen molar-refractivity contribution in [1.82, 2.24) is 9.21 Å². The summed E-state index contributed by atoms with van der Waals surface area (Å²) in [7, 11) is -3.54. The van der Waals surface area contributed by atoms with Gasteiger partial charge in [-0.15, -0.1) is 0 Å². The van der Waals surface area contributed by atoms with E-state index in [4.69, 9.17) is 0 Å². The van der Waals surface area contributed by atoms with Crippen LogP contribution in [0.5, 0.6) is 0 Å². The van der Waals surface area contributed by atoms with Gasteiger partial charge in [-0.2, -0.15) is 4.31 Å². The normalized spacial score (nSPS) is 16.7. The number of hydrogen-bond acceptors (Lipinski definition) is 4. The van der Waals surface area contributed by atoms with Gasteiger partial charge in [-0.3, -0.25) is 4.79 Å². The molecule has 0 aromatic heterocycles. The van der Waals surface area contributed by atoms with Crippen molar-refractivity contribution in [3.05, 3.63) is 95.1 Å². The largest absolute Gasteiger partial charge is 0.367 e. The van der Waals surface area contributed by atoms with E-state index in [-0.39, 0.29) is 5.91 Å². The Labute approximate surface area is 207 Å². The molecule has 35 heavy (non-hydrogen) atoms. The van der Waals surface area contributed by atoms with Crippen LogP contribution in [0.25, 0.3) is 0 Å². The highest BCUT2D eigenvalue weighted by Crippen LogP contribution is 2.28. The van der Waals surface area contributed by atoms with Gasteiger partial charge in [0.1, 0.15) is 0 Å². The van der Waals surface area contributed by atoms with Crippen LogP contribution >= 0.6 is 0 Å². The van der Waals surface area contributed by atoms with Crippen LogP contribution in [0.1, 0.15) is 33.5 Å². The second-order valence-electron chi connectivity index (χ2n) is 9.36. The molecule has 0 unspecified atom stereocenters. The van der Waals surface area contributed by atoms with E-state index in [0.717, 1.165) is 31.5 Å². The molecular weight excluding hydrogens is 458 g/mol. The number of sulfonamides is 1. The van der Waals surface area contributed by atoms with Gasteiger partial charge in [-0.1, -0.05) is 48.0 Å². The lowest BCUT2D eigenvalue weighted by Crippen LogP contribution is -2.50. The minimum Gasteiger partial charge on any atom is -0.367 e. The molecule has 2 aliphatic rings. The molecule has 0 bridgehead atoms. The monoisotopic (exact) mass is 489 g/mol. The number of carbonyl (C=O) groups excluding carboxylic acids is 1. The Bertz CT molecular complexity index is 1300. The van der Waals surface area contributed by atoms with Gasteiger partial charge in [0.2, 0.25) is 10.0 Å². The van der Waals surface area contributed by atoms with Crippen molar-refractivity contribution in [1.29, 1.82) is 0 Å². The number of fused-ring (bicyclic) bond motifs is 1. The third kappa shape index (κ3) is 4.97. The molecule has 2 aliphatic heterocycles. The lowest BCUT2D eigenvalue weighted by atomic mass is 10.0. The van der Waals surface area contributed by atoms with E-state index in [2.05, 4.69) is 29.2 Å². The fraction of sp³-hybridized carbons (Fsp3) is 0.321. The van der Waals surface area contributed by atoms with Gasteiger partial charge < -0.3 is 9.80 Å². The number of anilines is 1. The lowest BCUT2D eigenvalue weighted by Gasteiger charge is -2.34. The minimum atomic E-state index is -3.54. The Kier molecular flexibility index (Phi) is 6.62. The van der Waals surface area contributed by atoms with Gasteiger partial charge >= 0.3 is 0 Å². The number of amides is 1. The number of rotatable bonds is 5. The molecule has 1 amide bonds. The van der Waals surface area contributed by atoms with Crippen molar-refractivity contribution >= 4 is 21.6 Å². The second-order valence-corrected chi connectivity index (χ2v) is 11.3. The fourth-order valence-corrected chi connectivity index (χ4v) is 6.34. The average Bonchev–Trinajstić information content (AvgIpc) is 2.89. The zero-order valence-corrected chi connectivity index (χ0v) is 20.9. The Morgan fingerprint density at radius 3 is 2.23 bits per heavy atom. The third-order valence-electron chi connectivity index (χ3n) is 6.97. The highest BCUT2D eigenvalue weighted by Gasteiger charge is 2.30. The Morgan fingerprint density at radius 1 is 0.829 bits per heavy atom. The van der Waals surface area contributed by atoms with Crippen LogP contribution in [-0.2, 0) is 23.0 Å². The molecule has 0 aliphatic carbocycles. The first-order chi connectivity index (χ1) is 16.9. The van der Waals surface area contributed by atoms with E-state index in [1.165, 1.54) is 21.1 Å². The van der Waals surface area contributed by atoms with Crippen LogP contribution in [0, 0.1) is 6.92 Å². The summed E-state index contributed by atoms with van der Waals surface area (Å²) < 4.78 is 27.4. The molecule has 0 atom stereocenters. The van der Waals surface area contributed by atoms with E-state index in [0.29, 0.717) is 36.6 Å². The summed E-state index contributed by atoms with van der Waals surface area (Å²) in [4.78, 5) is 17.5. The Balaban J connectivity index is 1.20. The zero-order valence-electron chi connectivity index (χ0n) is 20.1. The summed E-state index contributed by atoms with van der Waals surface area (Å²) >= 11 is 0. The standard InChI is InChI=1S/C28H31N3O3S/c1-22-8-14-26(15-9-22)35(33,34)31-19-17-29(18-20-31)28(32)25-12-10-23(11-13-25)21-30-16-4-6-24-5-2-3-7-27(24)30/h2-3,5,7-15H,4,6,16-21H2,1H3. The molecule has 1 fully saturated rings. The molecular formula is C28H31N3O3S. The molecule has 7 heteroatoms. The maximum atomic E-state index is 13.1. The molecule has 0 saturated carbocycles. The highest BCUT2D eigenvalue weighted by atomic mass is 32.2. The first-order valence-corrected chi connectivity index (χ1v) is 13.6. The maximum Gasteiger partial charge on any atom is 0.253 e. The average molecular weight is 490 g/mol. The van der Waals surface area contributed by atoms with Gasteiger partial charge in [0.15, 0.2) is 0 Å². The smallest absolute Gasteiger partial charge is 0.253 e. The fourth-order valence-electron chi connectivity index (χ4n) is 4.92. The van der Waals surface area contributed by atoms with Crippen molar-refractivity contribution in [3.8, 4) is 0 Å². The zero-order chi connectivity index (χ0) is 24.4. The molecule has 6 nitrogen and oxygen atoms in total. The molecule has 5 rings (SSSR count). The third-order valence-corrected chi connectivity index (χ3v) is 8.88. The van der Waals surface area contributed by atoms with E-state index in [9.17, 15) is 13.2 Å². The number of para-hydroxylation sites is 1. The van der Waals surface area contributed by atoms with Crippen LogP contribution in [0.3, 0.4) is 0 Å². The van der Waals surface area contributed by atoms with Gasteiger partial charge in [0, 0.05) is 50.5 Å². The van der Waals surface area contributed by atoms with Crippen LogP contribution in [0.15, 0.2) is 77.7 Å². The van der Waals surface area contributed by atoms with Crippen molar-refractivity contribution in [3.63, 3.8) is 0 Å². The van der Waals surface area contributed by atoms with Crippen molar-refractivity contribution in [2.45, 2.75) is 31.2 Å². The van der Waals surface area contributed by atoms with E-state index < -0.39 is 10.0 Å². The number of carbonyl (C=O) groups is 1. The van der Waals surface area contributed by atoms with Gasteiger partial charge in [0.25, 0.3) is 5.91 Å². The minimum absolute atomic E-state index is 0.0488. The van der Waals surface area contributed by atoms with Crippen LogP contribution in [0.4, 0.5) is 5.69 Å². The number of piperazine rings is 1. The van der Waals surface area contributed by atoms with Crippen LogP contribution < -0.4 is 4.90 Å². The molecule has 182 valence electrons. The number of aryl methyl sites for hydroxylation is 2. The molecule has 3 aromatic carbocycles. The first-order valence-electron chi connectivity index (χ1n) is 12.2.